The number of ether oxygens (including phenoxy) is 1. The molecule has 1 aromatic rings. The fourth-order valence-corrected chi connectivity index (χ4v) is 2.02. The third kappa shape index (κ3) is 3.96. The molecule has 0 saturated heterocycles. The molecular weight excluding hydrogens is 244 g/mol. The standard InChI is InChI=1S/C16H21ClO/c1-5-7-12(3)13(4)15-11-14(17)8-9-16(15)18-10-6-2/h8-9,11-13H,6,10H2,1-4H3. The average molecular weight is 265 g/mol. The predicted molar refractivity (Wildman–Crippen MR) is 78.3 cm³/mol. The van der Waals surface area contributed by atoms with Gasteiger partial charge in [0.25, 0.3) is 0 Å². The largest absolute Gasteiger partial charge is 0.493 e. The van der Waals surface area contributed by atoms with Crippen LogP contribution in [0, 0.1) is 17.8 Å². The number of benzene rings is 1. The lowest BCUT2D eigenvalue weighted by Gasteiger charge is -2.19. The summed E-state index contributed by atoms with van der Waals surface area (Å²) in [6, 6.07) is 5.82. The predicted octanol–water partition coefficient (Wildman–Crippen LogP) is 4.89. The maximum atomic E-state index is 6.09. The molecule has 1 rings (SSSR count). The van der Waals surface area contributed by atoms with Gasteiger partial charge in [0.15, 0.2) is 0 Å². The summed E-state index contributed by atoms with van der Waals surface area (Å²) < 4.78 is 5.78. The molecule has 0 aliphatic rings. The Kier molecular flexibility index (Phi) is 6.09. The minimum absolute atomic E-state index is 0.289. The van der Waals surface area contributed by atoms with Crippen LogP contribution in [0.2, 0.25) is 5.02 Å². The molecule has 0 aliphatic heterocycles. The Morgan fingerprint density at radius 3 is 2.67 bits per heavy atom. The van der Waals surface area contributed by atoms with Crippen molar-refractivity contribution in [2.45, 2.75) is 40.0 Å². The van der Waals surface area contributed by atoms with Crippen molar-refractivity contribution in [1.82, 2.24) is 0 Å². The van der Waals surface area contributed by atoms with Crippen molar-refractivity contribution in [1.29, 1.82) is 0 Å². The summed E-state index contributed by atoms with van der Waals surface area (Å²) in [5.41, 5.74) is 1.14. The maximum Gasteiger partial charge on any atom is 0.122 e. The van der Waals surface area contributed by atoms with Crippen molar-refractivity contribution < 1.29 is 4.74 Å². The smallest absolute Gasteiger partial charge is 0.122 e. The Balaban J connectivity index is 3.02. The molecule has 0 amide bonds. The molecule has 0 spiro atoms. The van der Waals surface area contributed by atoms with E-state index in [0.29, 0.717) is 5.92 Å². The molecular formula is C16H21ClO. The second kappa shape index (κ2) is 7.34. The molecule has 0 saturated carbocycles. The van der Waals surface area contributed by atoms with E-state index in [1.165, 1.54) is 0 Å². The zero-order chi connectivity index (χ0) is 13.5. The first-order chi connectivity index (χ1) is 8.60. The number of hydrogen-bond donors (Lipinski definition) is 0. The van der Waals surface area contributed by atoms with Crippen LogP contribution in [0.3, 0.4) is 0 Å². The van der Waals surface area contributed by atoms with E-state index in [0.717, 1.165) is 29.4 Å². The second-order valence-corrected chi connectivity index (χ2v) is 4.94. The molecule has 0 aromatic heterocycles. The van der Waals surface area contributed by atoms with Gasteiger partial charge in [-0.15, -0.1) is 5.92 Å². The van der Waals surface area contributed by atoms with Crippen molar-refractivity contribution >= 4 is 11.6 Å². The van der Waals surface area contributed by atoms with Crippen LogP contribution < -0.4 is 4.74 Å². The number of halogens is 1. The van der Waals surface area contributed by atoms with Crippen molar-refractivity contribution in [3.63, 3.8) is 0 Å². The lowest BCUT2D eigenvalue weighted by molar-refractivity contribution is 0.311. The van der Waals surface area contributed by atoms with E-state index in [-0.39, 0.29) is 5.92 Å². The highest BCUT2D eigenvalue weighted by Crippen LogP contribution is 2.33. The summed E-state index contributed by atoms with van der Waals surface area (Å²) in [5, 5.41) is 0.748. The van der Waals surface area contributed by atoms with Gasteiger partial charge in [-0.25, -0.2) is 0 Å². The SMILES string of the molecule is CC#CC(C)C(C)c1cc(Cl)ccc1OCCC. The van der Waals surface area contributed by atoms with Gasteiger partial charge in [0, 0.05) is 10.9 Å². The van der Waals surface area contributed by atoms with Crippen LogP contribution in [0.5, 0.6) is 5.75 Å². The molecule has 2 unspecified atom stereocenters. The van der Waals surface area contributed by atoms with Gasteiger partial charge < -0.3 is 4.74 Å². The highest BCUT2D eigenvalue weighted by Gasteiger charge is 2.17. The van der Waals surface area contributed by atoms with E-state index < -0.39 is 0 Å². The maximum absolute atomic E-state index is 6.09. The minimum Gasteiger partial charge on any atom is -0.493 e. The molecule has 0 heterocycles. The van der Waals surface area contributed by atoms with Gasteiger partial charge in [-0.05, 0) is 43.0 Å². The summed E-state index contributed by atoms with van der Waals surface area (Å²) in [6.07, 6.45) is 1.00. The van der Waals surface area contributed by atoms with Crippen molar-refractivity contribution in [2.24, 2.45) is 5.92 Å². The Labute approximate surface area is 115 Å². The van der Waals surface area contributed by atoms with E-state index in [2.05, 4.69) is 32.6 Å². The lowest BCUT2D eigenvalue weighted by Crippen LogP contribution is -2.07. The summed E-state index contributed by atoms with van der Waals surface area (Å²) in [6.45, 7) is 9.00. The van der Waals surface area contributed by atoms with E-state index in [9.17, 15) is 0 Å². The molecule has 0 bridgehead atoms. The van der Waals surface area contributed by atoms with Crippen molar-refractivity contribution in [3.8, 4) is 17.6 Å². The van der Waals surface area contributed by atoms with E-state index in [1.54, 1.807) is 0 Å². The molecule has 0 fully saturated rings. The van der Waals surface area contributed by atoms with Gasteiger partial charge in [0.1, 0.15) is 5.75 Å². The second-order valence-electron chi connectivity index (χ2n) is 4.50. The molecule has 0 N–H and O–H groups in total. The first-order valence-electron chi connectivity index (χ1n) is 6.44. The number of rotatable bonds is 5. The zero-order valence-electron chi connectivity index (χ0n) is 11.6. The van der Waals surface area contributed by atoms with Gasteiger partial charge in [-0.3, -0.25) is 0 Å². The van der Waals surface area contributed by atoms with Crippen LogP contribution >= 0.6 is 11.6 Å². The first kappa shape index (κ1) is 14.9. The average Bonchev–Trinajstić information content (AvgIpc) is 2.36. The summed E-state index contributed by atoms with van der Waals surface area (Å²) in [4.78, 5) is 0. The normalized spacial score (nSPS) is 13.4. The van der Waals surface area contributed by atoms with Crippen LogP contribution in [0.4, 0.5) is 0 Å². The summed E-state index contributed by atoms with van der Waals surface area (Å²) >= 11 is 6.09. The van der Waals surface area contributed by atoms with Gasteiger partial charge in [-0.1, -0.05) is 38.3 Å². The molecule has 0 aliphatic carbocycles. The molecule has 2 atom stereocenters. The highest BCUT2D eigenvalue weighted by molar-refractivity contribution is 6.30. The minimum atomic E-state index is 0.289. The summed E-state index contributed by atoms with van der Waals surface area (Å²) in [5.74, 6) is 7.70. The van der Waals surface area contributed by atoms with Crippen LogP contribution in [-0.4, -0.2) is 6.61 Å². The zero-order valence-corrected chi connectivity index (χ0v) is 12.3. The fraction of sp³-hybridized carbons (Fsp3) is 0.500. The highest BCUT2D eigenvalue weighted by atomic mass is 35.5. The molecule has 0 radical (unpaired) electrons. The summed E-state index contributed by atoms with van der Waals surface area (Å²) in [7, 11) is 0. The molecule has 2 heteroatoms. The van der Waals surface area contributed by atoms with E-state index in [1.807, 2.05) is 25.1 Å². The number of hydrogen-bond acceptors (Lipinski definition) is 1. The van der Waals surface area contributed by atoms with E-state index >= 15 is 0 Å². The van der Waals surface area contributed by atoms with Gasteiger partial charge in [0.05, 0.1) is 6.61 Å². The molecule has 98 valence electrons. The molecule has 1 nitrogen and oxygen atoms in total. The Morgan fingerprint density at radius 2 is 2.06 bits per heavy atom. The van der Waals surface area contributed by atoms with E-state index in [4.69, 9.17) is 16.3 Å². The van der Waals surface area contributed by atoms with Crippen LogP contribution in [0.25, 0.3) is 0 Å². The molecule has 18 heavy (non-hydrogen) atoms. The Bertz CT molecular complexity index is 442. The third-order valence-electron chi connectivity index (χ3n) is 3.05. The Hall–Kier alpha value is -1.13. The van der Waals surface area contributed by atoms with Crippen LogP contribution in [-0.2, 0) is 0 Å². The fourth-order valence-electron chi connectivity index (χ4n) is 1.84. The lowest BCUT2D eigenvalue weighted by atomic mass is 9.88. The van der Waals surface area contributed by atoms with Gasteiger partial charge in [0.2, 0.25) is 0 Å². The Morgan fingerprint density at radius 1 is 1.33 bits per heavy atom. The van der Waals surface area contributed by atoms with Gasteiger partial charge >= 0.3 is 0 Å². The quantitative estimate of drug-likeness (QED) is 0.688. The monoisotopic (exact) mass is 264 g/mol. The van der Waals surface area contributed by atoms with Gasteiger partial charge in [-0.2, -0.15) is 0 Å². The topological polar surface area (TPSA) is 9.23 Å². The molecule has 1 aromatic carbocycles. The first-order valence-corrected chi connectivity index (χ1v) is 6.82. The van der Waals surface area contributed by atoms with Crippen LogP contribution in [0.1, 0.15) is 45.6 Å². The van der Waals surface area contributed by atoms with Crippen LogP contribution in [0.15, 0.2) is 18.2 Å². The van der Waals surface area contributed by atoms with Crippen molar-refractivity contribution in [3.05, 3.63) is 28.8 Å². The third-order valence-corrected chi connectivity index (χ3v) is 3.28. The van der Waals surface area contributed by atoms with Crippen molar-refractivity contribution in [2.75, 3.05) is 6.61 Å².